The summed E-state index contributed by atoms with van der Waals surface area (Å²) in [5, 5.41) is 3.15. The highest BCUT2D eigenvalue weighted by Gasteiger charge is 2.08. The summed E-state index contributed by atoms with van der Waals surface area (Å²) in [6.45, 7) is 0. The Bertz CT molecular complexity index is 814. The Kier molecular flexibility index (Phi) is 3.50. The highest BCUT2D eigenvalue weighted by molar-refractivity contribution is 6.29. The number of H-pyrrole nitrogens is 1. The van der Waals surface area contributed by atoms with Crippen LogP contribution in [-0.4, -0.2) is 23.0 Å². The SMILES string of the molecule is COc1cccc(C(=O)Nc2ccc3nc(Cl)[nH]c3c2)c1. The van der Waals surface area contributed by atoms with E-state index >= 15 is 0 Å². The minimum atomic E-state index is -0.209. The van der Waals surface area contributed by atoms with E-state index in [4.69, 9.17) is 16.3 Å². The van der Waals surface area contributed by atoms with Crippen molar-refractivity contribution in [3.05, 3.63) is 53.3 Å². The van der Waals surface area contributed by atoms with Gasteiger partial charge in [0.1, 0.15) is 5.75 Å². The van der Waals surface area contributed by atoms with Crippen molar-refractivity contribution in [2.75, 3.05) is 12.4 Å². The van der Waals surface area contributed by atoms with E-state index in [1.54, 1.807) is 49.6 Å². The first-order valence-corrected chi connectivity index (χ1v) is 6.64. The first kappa shape index (κ1) is 13.5. The Labute approximate surface area is 125 Å². The highest BCUT2D eigenvalue weighted by atomic mass is 35.5. The number of carbonyl (C=O) groups is 1. The lowest BCUT2D eigenvalue weighted by Crippen LogP contribution is -2.11. The van der Waals surface area contributed by atoms with Crippen LogP contribution >= 0.6 is 11.6 Å². The fraction of sp³-hybridized carbons (Fsp3) is 0.0667. The van der Waals surface area contributed by atoms with Gasteiger partial charge in [0.05, 0.1) is 18.1 Å². The van der Waals surface area contributed by atoms with Crippen molar-refractivity contribution >= 4 is 34.2 Å². The Morgan fingerprint density at radius 3 is 2.95 bits per heavy atom. The molecule has 0 fully saturated rings. The predicted octanol–water partition coefficient (Wildman–Crippen LogP) is 3.48. The predicted molar refractivity (Wildman–Crippen MR) is 82.1 cm³/mol. The summed E-state index contributed by atoms with van der Waals surface area (Å²) < 4.78 is 5.11. The molecule has 6 heteroatoms. The molecule has 0 radical (unpaired) electrons. The summed E-state index contributed by atoms with van der Waals surface area (Å²) >= 11 is 5.80. The van der Waals surface area contributed by atoms with Crippen LogP contribution in [0.1, 0.15) is 10.4 Å². The molecule has 0 atom stereocenters. The summed E-state index contributed by atoms with van der Waals surface area (Å²) in [7, 11) is 1.56. The zero-order chi connectivity index (χ0) is 14.8. The molecule has 106 valence electrons. The van der Waals surface area contributed by atoms with E-state index in [9.17, 15) is 4.79 Å². The summed E-state index contributed by atoms with van der Waals surface area (Å²) in [6.07, 6.45) is 0. The van der Waals surface area contributed by atoms with Gasteiger partial charge in [-0.2, -0.15) is 0 Å². The van der Waals surface area contributed by atoms with Crippen LogP contribution in [0.3, 0.4) is 0 Å². The molecule has 0 spiro atoms. The number of carbonyl (C=O) groups excluding carboxylic acids is 1. The number of aromatic amines is 1. The van der Waals surface area contributed by atoms with Gasteiger partial charge in [-0.1, -0.05) is 6.07 Å². The molecular weight excluding hydrogens is 290 g/mol. The zero-order valence-corrected chi connectivity index (χ0v) is 11.9. The van der Waals surface area contributed by atoms with Gasteiger partial charge in [-0.05, 0) is 48.0 Å². The number of methoxy groups -OCH3 is 1. The lowest BCUT2D eigenvalue weighted by atomic mass is 10.2. The molecule has 5 nitrogen and oxygen atoms in total. The minimum Gasteiger partial charge on any atom is -0.497 e. The first-order chi connectivity index (χ1) is 10.2. The van der Waals surface area contributed by atoms with Crippen LogP contribution in [0.15, 0.2) is 42.5 Å². The third-order valence-corrected chi connectivity index (χ3v) is 3.22. The molecule has 0 aliphatic rings. The molecule has 2 N–H and O–H groups in total. The number of halogens is 1. The third-order valence-electron chi connectivity index (χ3n) is 3.04. The van der Waals surface area contributed by atoms with Gasteiger partial charge in [0, 0.05) is 11.3 Å². The zero-order valence-electron chi connectivity index (χ0n) is 11.2. The van der Waals surface area contributed by atoms with Crippen LogP contribution in [0.25, 0.3) is 11.0 Å². The Morgan fingerprint density at radius 2 is 2.14 bits per heavy atom. The molecule has 1 heterocycles. The molecule has 1 amide bonds. The van der Waals surface area contributed by atoms with Crippen molar-refractivity contribution in [2.24, 2.45) is 0 Å². The quantitative estimate of drug-likeness (QED) is 0.778. The number of nitrogens with zero attached hydrogens (tertiary/aromatic N) is 1. The van der Waals surface area contributed by atoms with Gasteiger partial charge in [0.25, 0.3) is 5.91 Å². The van der Waals surface area contributed by atoms with E-state index in [0.29, 0.717) is 22.3 Å². The van der Waals surface area contributed by atoms with Crippen molar-refractivity contribution < 1.29 is 9.53 Å². The van der Waals surface area contributed by atoms with Crippen molar-refractivity contribution in [1.82, 2.24) is 9.97 Å². The van der Waals surface area contributed by atoms with Crippen LogP contribution in [0.5, 0.6) is 5.75 Å². The number of fused-ring (bicyclic) bond motifs is 1. The number of rotatable bonds is 3. The molecule has 0 saturated heterocycles. The van der Waals surface area contributed by atoms with Gasteiger partial charge in [-0.25, -0.2) is 4.98 Å². The van der Waals surface area contributed by atoms with Gasteiger partial charge in [-0.3, -0.25) is 4.79 Å². The lowest BCUT2D eigenvalue weighted by molar-refractivity contribution is 0.102. The second-order valence-corrected chi connectivity index (χ2v) is 4.80. The van der Waals surface area contributed by atoms with Crippen LogP contribution < -0.4 is 10.1 Å². The van der Waals surface area contributed by atoms with Crippen LogP contribution in [0.4, 0.5) is 5.69 Å². The van der Waals surface area contributed by atoms with E-state index in [1.165, 1.54) is 0 Å². The Balaban J connectivity index is 1.84. The van der Waals surface area contributed by atoms with Gasteiger partial charge in [0.15, 0.2) is 0 Å². The van der Waals surface area contributed by atoms with Crippen molar-refractivity contribution in [3.8, 4) is 5.75 Å². The minimum absolute atomic E-state index is 0.209. The lowest BCUT2D eigenvalue weighted by Gasteiger charge is -2.06. The number of hydrogen-bond donors (Lipinski definition) is 2. The number of benzene rings is 2. The summed E-state index contributed by atoms with van der Waals surface area (Å²) in [5.41, 5.74) is 2.70. The van der Waals surface area contributed by atoms with Crippen molar-refractivity contribution in [2.45, 2.75) is 0 Å². The first-order valence-electron chi connectivity index (χ1n) is 6.26. The molecule has 0 unspecified atom stereocenters. The molecule has 1 aromatic heterocycles. The Morgan fingerprint density at radius 1 is 1.29 bits per heavy atom. The average Bonchev–Trinajstić information content (AvgIpc) is 2.86. The maximum absolute atomic E-state index is 12.2. The third kappa shape index (κ3) is 2.83. The second-order valence-electron chi connectivity index (χ2n) is 4.45. The summed E-state index contributed by atoms with van der Waals surface area (Å²) in [5.74, 6) is 0.428. The number of hydrogen-bond acceptors (Lipinski definition) is 3. The van der Waals surface area contributed by atoms with E-state index in [2.05, 4.69) is 15.3 Å². The smallest absolute Gasteiger partial charge is 0.255 e. The molecule has 3 aromatic rings. The van der Waals surface area contributed by atoms with Gasteiger partial charge in [0.2, 0.25) is 5.28 Å². The number of aromatic nitrogens is 2. The highest BCUT2D eigenvalue weighted by Crippen LogP contribution is 2.20. The molecule has 0 aliphatic heterocycles. The molecule has 0 saturated carbocycles. The molecule has 2 aromatic carbocycles. The van der Waals surface area contributed by atoms with E-state index in [-0.39, 0.29) is 5.91 Å². The van der Waals surface area contributed by atoms with E-state index in [1.807, 2.05) is 0 Å². The largest absolute Gasteiger partial charge is 0.497 e. The standard InChI is InChI=1S/C15H12ClN3O2/c1-21-11-4-2-3-9(7-11)14(20)17-10-5-6-12-13(8-10)19-15(16)18-12/h2-8H,1H3,(H,17,20)(H,18,19). The number of imidazole rings is 1. The molecular formula is C15H12ClN3O2. The van der Waals surface area contributed by atoms with Crippen LogP contribution in [0.2, 0.25) is 5.28 Å². The molecule has 3 rings (SSSR count). The maximum Gasteiger partial charge on any atom is 0.255 e. The molecule has 0 aliphatic carbocycles. The van der Waals surface area contributed by atoms with Crippen LogP contribution in [-0.2, 0) is 0 Å². The maximum atomic E-state index is 12.2. The average molecular weight is 302 g/mol. The summed E-state index contributed by atoms with van der Waals surface area (Å²) in [4.78, 5) is 19.2. The topological polar surface area (TPSA) is 67.0 Å². The fourth-order valence-corrected chi connectivity index (χ4v) is 2.22. The molecule has 0 bridgehead atoms. The molecule has 21 heavy (non-hydrogen) atoms. The van der Waals surface area contributed by atoms with Gasteiger partial charge >= 0.3 is 0 Å². The van der Waals surface area contributed by atoms with Crippen molar-refractivity contribution in [3.63, 3.8) is 0 Å². The number of nitrogens with one attached hydrogen (secondary N) is 2. The van der Waals surface area contributed by atoms with E-state index in [0.717, 1.165) is 11.0 Å². The van der Waals surface area contributed by atoms with Gasteiger partial charge < -0.3 is 15.0 Å². The number of amides is 1. The monoisotopic (exact) mass is 301 g/mol. The van der Waals surface area contributed by atoms with Crippen LogP contribution in [0, 0.1) is 0 Å². The second kappa shape index (κ2) is 5.46. The summed E-state index contributed by atoms with van der Waals surface area (Å²) in [6, 6.07) is 12.3. The Hall–Kier alpha value is -2.53. The van der Waals surface area contributed by atoms with E-state index < -0.39 is 0 Å². The number of anilines is 1. The van der Waals surface area contributed by atoms with Crippen molar-refractivity contribution in [1.29, 1.82) is 0 Å². The number of ether oxygens (including phenoxy) is 1. The fourth-order valence-electron chi connectivity index (χ4n) is 2.02. The normalized spacial score (nSPS) is 10.6. The van der Waals surface area contributed by atoms with Gasteiger partial charge in [-0.15, -0.1) is 0 Å².